The minimum Gasteiger partial charge on any atom is -0.264 e. The van der Waals surface area contributed by atoms with Crippen LogP contribution in [-0.4, -0.2) is 30.0 Å². The van der Waals surface area contributed by atoms with E-state index in [4.69, 9.17) is 8.37 Å². The minimum absolute atomic E-state index is 0.00981. The molecule has 24 heavy (non-hydrogen) atoms. The first-order valence-corrected chi connectivity index (χ1v) is 10.0. The molecule has 0 unspecified atom stereocenters. The van der Waals surface area contributed by atoms with Gasteiger partial charge in [0, 0.05) is 0 Å². The molecule has 0 atom stereocenters. The van der Waals surface area contributed by atoms with Crippen molar-refractivity contribution in [3.05, 3.63) is 52.5 Å². The molecule has 0 bridgehead atoms. The second kappa shape index (κ2) is 8.57. The summed E-state index contributed by atoms with van der Waals surface area (Å²) in [6.07, 6.45) is 3.07. The first kappa shape index (κ1) is 20.6. The molecule has 0 saturated carbocycles. The Morgan fingerprint density at radius 2 is 1.46 bits per heavy atom. The topological polar surface area (TPSA) is 86.7 Å². The normalized spacial score (nSPS) is 12.9. The summed E-state index contributed by atoms with van der Waals surface area (Å²) >= 11 is 0. The van der Waals surface area contributed by atoms with Crippen LogP contribution in [0.2, 0.25) is 0 Å². The van der Waals surface area contributed by atoms with Crippen molar-refractivity contribution in [2.45, 2.75) is 32.6 Å². The van der Waals surface area contributed by atoms with Crippen molar-refractivity contribution in [2.75, 3.05) is 13.2 Å². The summed E-state index contributed by atoms with van der Waals surface area (Å²) in [7, 11) is -7.84. The summed E-state index contributed by atoms with van der Waals surface area (Å²) < 4.78 is 57.1. The molecule has 0 heterocycles. The molecule has 0 aliphatic carbocycles. The van der Waals surface area contributed by atoms with Gasteiger partial charge in [-0.3, -0.25) is 8.37 Å². The minimum atomic E-state index is -3.94. The van der Waals surface area contributed by atoms with Crippen molar-refractivity contribution in [3.63, 3.8) is 0 Å². The van der Waals surface area contributed by atoms with Crippen LogP contribution >= 0.6 is 0 Å². The third-order valence-corrected chi connectivity index (χ3v) is 5.64. The molecular formula is C16H22O6S2. The number of allylic oxidation sites excluding steroid dienone is 4. The summed E-state index contributed by atoms with van der Waals surface area (Å²) in [4.78, 5) is 0.0423. The van der Waals surface area contributed by atoms with Gasteiger partial charge in [-0.1, -0.05) is 29.3 Å². The van der Waals surface area contributed by atoms with E-state index in [2.05, 4.69) is 0 Å². The molecule has 0 amide bonds. The van der Waals surface area contributed by atoms with E-state index in [0.717, 1.165) is 11.1 Å². The predicted octanol–water partition coefficient (Wildman–Crippen LogP) is 2.92. The largest absolute Gasteiger partial charge is 0.297 e. The smallest absolute Gasteiger partial charge is 0.264 e. The fourth-order valence-corrected chi connectivity index (χ4v) is 3.12. The number of hydrogen-bond donors (Lipinski definition) is 0. The van der Waals surface area contributed by atoms with E-state index in [9.17, 15) is 16.8 Å². The zero-order valence-electron chi connectivity index (χ0n) is 14.1. The molecule has 134 valence electrons. The standard InChI is InChI=1S/C16H22O6S2/c1-13(2)5-8-15(4)23(17,18)21-11-12-22-24(19,20)16-9-6-14(3)7-10-16/h5-10H,11-12H2,1-4H3/b15-8+. The maximum Gasteiger partial charge on any atom is 0.297 e. The van der Waals surface area contributed by atoms with Gasteiger partial charge in [-0.2, -0.15) is 16.8 Å². The second-order valence-corrected chi connectivity index (χ2v) is 8.79. The van der Waals surface area contributed by atoms with Gasteiger partial charge in [0.25, 0.3) is 20.2 Å². The molecule has 0 aliphatic heterocycles. The molecule has 0 N–H and O–H groups in total. The summed E-state index contributed by atoms with van der Waals surface area (Å²) in [6, 6.07) is 6.15. The van der Waals surface area contributed by atoms with Crippen molar-refractivity contribution >= 4 is 20.2 Å². The van der Waals surface area contributed by atoms with Crippen LogP contribution in [0.15, 0.2) is 51.8 Å². The van der Waals surface area contributed by atoms with Crippen molar-refractivity contribution in [1.82, 2.24) is 0 Å². The van der Waals surface area contributed by atoms with E-state index in [1.54, 1.807) is 18.2 Å². The van der Waals surface area contributed by atoms with E-state index in [1.807, 2.05) is 20.8 Å². The molecule has 0 fully saturated rings. The SMILES string of the molecule is CC(C)=C/C=C(\C)S(=O)(=O)OCCOS(=O)(=O)c1ccc(C)cc1. The maximum atomic E-state index is 11.9. The molecule has 8 heteroatoms. The Morgan fingerprint density at radius 3 is 2.00 bits per heavy atom. The van der Waals surface area contributed by atoms with Crippen molar-refractivity contribution in [1.29, 1.82) is 0 Å². The lowest BCUT2D eigenvalue weighted by atomic mass is 10.2. The van der Waals surface area contributed by atoms with Crippen LogP contribution in [0.25, 0.3) is 0 Å². The van der Waals surface area contributed by atoms with Gasteiger partial charge in [-0.25, -0.2) is 0 Å². The highest BCUT2D eigenvalue weighted by molar-refractivity contribution is 7.90. The highest BCUT2D eigenvalue weighted by Gasteiger charge is 2.17. The number of aryl methyl sites for hydroxylation is 1. The molecule has 1 rings (SSSR count). The first-order valence-electron chi connectivity index (χ1n) is 7.22. The lowest BCUT2D eigenvalue weighted by molar-refractivity contribution is 0.226. The van der Waals surface area contributed by atoms with Crippen LogP contribution < -0.4 is 0 Å². The van der Waals surface area contributed by atoms with Crippen LogP contribution in [0, 0.1) is 6.92 Å². The quantitative estimate of drug-likeness (QED) is 0.395. The van der Waals surface area contributed by atoms with Crippen LogP contribution in [0.5, 0.6) is 0 Å². The van der Waals surface area contributed by atoms with Gasteiger partial charge in [0.15, 0.2) is 0 Å². The maximum absolute atomic E-state index is 11.9. The fourth-order valence-electron chi connectivity index (χ4n) is 1.52. The van der Waals surface area contributed by atoms with E-state index in [-0.39, 0.29) is 9.80 Å². The number of hydrogen-bond acceptors (Lipinski definition) is 6. The average molecular weight is 374 g/mol. The molecule has 1 aromatic rings. The third kappa shape index (κ3) is 6.56. The summed E-state index contributed by atoms with van der Waals surface area (Å²) in [5.41, 5.74) is 1.86. The monoisotopic (exact) mass is 374 g/mol. The number of benzene rings is 1. The Morgan fingerprint density at radius 1 is 0.917 bits per heavy atom. The molecule has 0 radical (unpaired) electrons. The molecule has 6 nitrogen and oxygen atoms in total. The summed E-state index contributed by atoms with van der Waals surface area (Å²) in [5, 5.41) is 0. The van der Waals surface area contributed by atoms with Crippen molar-refractivity contribution in [2.24, 2.45) is 0 Å². The Hall–Kier alpha value is -1.48. The highest BCUT2D eigenvalue weighted by atomic mass is 32.2. The third-order valence-electron chi connectivity index (χ3n) is 2.92. The lowest BCUT2D eigenvalue weighted by Crippen LogP contribution is -2.15. The van der Waals surface area contributed by atoms with Gasteiger partial charge in [0.1, 0.15) is 0 Å². The molecule has 0 aliphatic rings. The molecule has 1 aromatic carbocycles. The zero-order chi connectivity index (χ0) is 18.4. The predicted molar refractivity (Wildman–Crippen MR) is 92.4 cm³/mol. The van der Waals surface area contributed by atoms with E-state index < -0.39 is 33.5 Å². The Labute approximate surface area is 144 Å². The number of rotatable bonds is 8. The fraction of sp³-hybridized carbons (Fsp3) is 0.375. The van der Waals surface area contributed by atoms with Crippen LogP contribution in [0.3, 0.4) is 0 Å². The Bertz CT molecular complexity index is 812. The van der Waals surface area contributed by atoms with Gasteiger partial charge in [-0.15, -0.1) is 0 Å². The van der Waals surface area contributed by atoms with Crippen molar-refractivity contribution < 1.29 is 25.2 Å². The van der Waals surface area contributed by atoms with Gasteiger partial charge in [-0.05, 0) is 45.9 Å². The zero-order valence-corrected chi connectivity index (χ0v) is 15.8. The van der Waals surface area contributed by atoms with E-state index >= 15 is 0 Å². The van der Waals surface area contributed by atoms with Crippen LogP contribution in [-0.2, 0) is 28.6 Å². The molecule has 0 saturated heterocycles. The first-order chi connectivity index (χ1) is 11.0. The van der Waals surface area contributed by atoms with E-state index in [0.29, 0.717) is 0 Å². The van der Waals surface area contributed by atoms with Crippen molar-refractivity contribution in [3.8, 4) is 0 Å². The molecule has 0 spiro atoms. The Balaban J connectivity index is 2.60. The van der Waals surface area contributed by atoms with Crippen LogP contribution in [0.4, 0.5) is 0 Å². The molecular weight excluding hydrogens is 352 g/mol. The van der Waals surface area contributed by atoms with Gasteiger partial charge < -0.3 is 0 Å². The summed E-state index contributed by atoms with van der Waals surface area (Å²) in [5.74, 6) is 0. The summed E-state index contributed by atoms with van der Waals surface area (Å²) in [6.45, 7) is 6.11. The average Bonchev–Trinajstić information content (AvgIpc) is 2.49. The lowest BCUT2D eigenvalue weighted by Gasteiger charge is -2.07. The van der Waals surface area contributed by atoms with Gasteiger partial charge in [0.2, 0.25) is 0 Å². The highest BCUT2D eigenvalue weighted by Crippen LogP contribution is 2.14. The second-order valence-electron chi connectivity index (χ2n) is 5.39. The van der Waals surface area contributed by atoms with Gasteiger partial charge in [0.05, 0.1) is 23.0 Å². The van der Waals surface area contributed by atoms with Crippen LogP contribution in [0.1, 0.15) is 26.3 Å². The van der Waals surface area contributed by atoms with E-state index in [1.165, 1.54) is 25.1 Å². The molecule has 0 aromatic heterocycles. The van der Waals surface area contributed by atoms with Gasteiger partial charge >= 0.3 is 0 Å². The Kier molecular flexibility index (Phi) is 7.34.